The van der Waals surface area contributed by atoms with Crippen LogP contribution in [-0.4, -0.2) is 18.1 Å². The summed E-state index contributed by atoms with van der Waals surface area (Å²) < 4.78 is 0. The number of hydrogen-bond donors (Lipinski definition) is 2. The van der Waals surface area contributed by atoms with Crippen molar-refractivity contribution < 1.29 is 9.90 Å². The maximum Gasteiger partial charge on any atom is 0.311 e. The van der Waals surface area contributed by atoms with Gasteiger partial charge < -0.3 is 10.4 Å². The van der Waals surface area contributed by atoms with E-state index in [9.17, 15) is 9.90 Å². The first-order chi connectivity index (χ1) is 9.69. The van der Waals surface area contributed by atoms with Crippen molar-refractivity contribution in [2.75, 3.05) is 7.05 Å². The summed E-state index contributed by atoms with van der Waals surface area (Å²) in [6.45, 7) is 0. The fourth-order valence-corrected chi connectivity index (χ4v) is 3.42. The van der Waals surface area contributed by atoms with E-state index in [2.05, 4.69) is 23.5 Å². The molecule has 3 heteroatoms. The third kappa shape index (κ3) is 1.81. The summed E-state index contributed by atoms with van der Waals surface area (Å²) in [6, 6.07) is 14.1. The van der Waals surface area contributed by atoms with Crippen molar-refractivity contribution >= 4 is 16.7 Å². The third-order valence-corrected chi connectivity index (χ3v) is 4.65. The molecule has 3 rings (SSSR count). The van der Waals surface area contributed by atoms with Gasteiger partial charge in [0.1, 0.15) is 0 Å². The number of carboxylic acid groups (broad SMARTS) is 1. The van der Waals surface area contributed by atoms with Gasteiger partial charge in [0.05, 0.1) is 5.41 Å². The molecule has 0 aromatic heterocycles. The van der Waals surface area contributed by atoms with E-state index in [-0.39, 0.29) is 6.04 Å². The van der Waals surface area contributed by atoms with Crippen LogP contribution in [0.2, 0.25) is 0 Å². The summed E-state index contributed by atoms with van der Waals surface area (Å²) in [5, 5.41) is 15.2. The molecule has 0 aliphatic heterocycles. The molecule has 1 saturated carbocycles. The van der Waals surface area contributed by atoms with Crippen LogP contribution in [0.3, 0.4) is 0 Å². The lowest BCUT2D eigenvalue weighted by atomic mass is 9.62. The van der Waals surface area contributed by atoms with Crippen LogP contribution in [0.25, 0.3) is 10.8 Å². The zero-order valence-electron chi connectivity index (χ0n) is 11.6. The van der Waals surface area contributed by atoms with Crippen molar-refractivity contribution in [1.29, 1.82) is 0 Å². The molecule has 0 radical (unpaired) electrons. The first kappa shape index (κ1) is 13.1. The second-order valence-electron chi connectivity index (χ2n) is 5.60. The molecule has 2 aromatic carbocycles. The number of rotatable bonds is 4. The van der Waals surface area contributed by atoms with Gasteiger partial charge >= 0.3 is 5.97 Å². The SMILES string of the molecule is CNC(c1cccc2ccccc12)C1(C(=O)O)CCC1. The molecule has 0 amide bonds. The smallest absolute Gasteiger partial charge is 0.311 e. The van der Waals surface area contributed by atoms with E-state index in [1.165, 1.54) is 0 Å². The minimum absolute atomic E-state index is 0.139. The molecule has 0 saturated heterocycles. The molecule has 1 aliphatic rings. The van der Waals surface area contributed by atoms with Crippen molar-refractivity contribution in [2.45, 2.75) is 25.3 Å². The van der Waals surface area contributed by atoms with Gasteiger partial charge in [0.2, 0.25) is 0 Å². The van der Waals surface area contributed by atoms with Crippen LogP contribution in [0.15, 0.2) is 42.5 Å². The lowest BCUT2D eigenvalue weighted by Gasteiger charge is -2.44. The Morgan fingerprint density at radius 2 is 1.90 bits per heavy atom. The molecule has 0 bridgehead atoms. The molecule has 20 heavy (non-hydrogen) atoms. The maximum absolute atomic E-state index is 11.8. The monoisotopic (exact) mass is 269 g/mol. The van der Waals surface area contributed by atoms with Crippen LogP contribution >= 0.6 is 0 Å². The molecule has 104 valence electrons. The highest BCUT2D eigenvalue weighted by atomic mass is 16.4. The van der Waals surface area contributed by atoms with Crippen LogP contribution in [0.4, 0.5) is 0 Å². The average Bonchev–Trinajstić information content (AvgIpc) is 2.41. The Morgan fingerprint density at radius 3 is 2.50 bits per heavy atom. The van der Waals surface area contributed by atoms with Crippen LogP contribution in [-0.2, 0) is 4.79 Å². The highest BCUT2D eigenvalue weighted by Gasteiger charge is 2.51. The predicted octanol–water partition coefficient (Wildman–Crippen LogP) is 3.36. The van der Waals surface area contributed by atoms with E-state index < -0.39 is 11.4 Å². The van der Waals surface area contributed by atoms with E-state index in [4.69, 9.17) is 0 Å². The van der Waals surface area contributed by atoms with Gasteiger partial charge in [0, 0.05) is 6.04 Å². The topological polar surface area (TPSA) is 49.3 Å². The Kier molecular flexibility index (Phi) is 3.22. The molecule has 2 aromatic rings. The number of fused-ring (bicyclic) bond motifs is 1. The fraction of sp³-hybridized carbons (Fsp3) is 0.353. The number of hydrogen-bond acceptors (Lipinski definition) is 2. The normalized spacial score (nSPS) is 18.4. The van der Waals surface area contributed by atoms with E-state index >= 15 is 0 Å². The number of carboxylic acids is 1. The van der Waals surface area contributed by atoms with Crippen LogP contribution in [0.5, 0.6) is 0 Å². The van der Waals surface area contributed by atoms with E-state index in [0.717, 1.165) is 35.6 Å². The fourth-order valence-electron chi connectivity index (χ4n) is 3.42. The van der Waals surface area contributed by atoms with Crippen molar-refractivity contribution in [3.05, 3.63) is 48.0 Å². The van der Waals surface area contributed by atoms with Crippen LogP contribution < -0.4 is 5.32 Å². The van der Waals surface area contributed by atoms with Crippen molar-refractivity contribution in [3.63, 3.8) is 0 Å². The first-order valence-corrected chi connectivity index (χ1v) is 7.07. The number of aliphatic carboxylic acids is 1. The summed E-state index contributed by atoms with van der Waals surface area (Å²) >= 11 is 0. The zero-order chi connectivity index (χ0) is 14.2. The summed E-state index contributed by atoms with van der Waals surface area (Å²) in [5.41, 5.74) is 0.437. The van der Waals surface area contributed by atoms with Gasteiger partial charge in [0.25, 0.3) is 0 Å². The average molecular weight is 269 g/mol. The van der Waals surface area contributed by atoms with Gasteiger partial charge in [-0.05, 0) is 36.2 Å². The summed E-state index contributed by atoms with van der Waals surface area (Å²) in [4.78, 5) is 11.8. The van der Waals surface area contributed by atoms with Crippen LogP contribution in [0, 0.1) is 5.41 Å². The highest BCUT2D eigenvalue weighted by molar-refractivity contribution is 5.87. The van der Waals surface area contributed by atoms with Gasteiger partial charge in [-0.3, -0.25) is 4.79 Å². The van der Waals surface area contributed by atoms with Gasteiger partial charge in [-0.2, -0.15) is 0 Å². The minimum Gasteiger partial charge on any atom is -0.481 e. The Morgan fingerprint density at radius 1 is 1.20 bits per heavy atom. The largest absolute Gasteiger partial charge is 0.481 e. The highest BCUT2D eigenvalue weighted by Crippen LogP contribution is 2.51. The van der Waals surface area contributed by atoms with E-state index in [0.29, 0.717) is 0 Å². The van der Waals surface area contributed by atoms with Crippen molar-refractivity contribution in [3.8, 4) is 0 Å². The second kappa shape index (κ2) is 4.91. The standard InChI is InChI=1S/C17H19NO2/c1-18-15(17(16(19)20)10-5-11-17)14-9-4-7-12-6-2-3-8-13(12)14/h2-4,6-9,15,18H,5,10-11H2,1H3,(H,19,20). The number of benzene rings is 2. The van der Waals surface area contributed by atoms with Crippen molar-refractivity contribution in [1.82, 2.24) is 5.32 Å². The minimum atomic E-state index is -0.684. The van der Waals surface area contributed by atoms with Gasteiger partial charge in [-0.15, -0.1) is 0 Å². The molecule has 1 fully saturated rings. The number of nitrogens with one attached hydrogen (secondary N) is 1. The second-order valence-corrected chi connectivity index (χ2v) is 5.60. The summed E-state index contributed by atoms with van der Waals surface area (Å²) in [6.07, 6.45) is 2.49. The third-order valence-electron chi connectivity index (χ3n) is 4.65. The molecule has 1 unspecified atom stereocenters. The molecule has 0 spiro atoms. The molecule has 0 heterocycles. The van der Waals surface area contributed by atoms with E-state index in [1.54, 1.807) is 0 Å². The molecule has 1 atom stereocenters. The predicted molar refractivity (Wildman–Crippen MR) is 79.7 cm³/mol. The van der Waals surface area contributed by atoms with Crippen LogP contribution in [0.1, 0.15) is 30.9 Å². The lowest BCUT2D eigenvalue weighted by molar-refractivity contribution is -0.157. The molecular formula is C17H19NO2. The van der Waals surface area contributed by atoms with Crippen molar-refractivity contribution in [2.24, 2.45) is 5.41 Å². The maximum atomic E-state index is 11.8. The molecular weight excluding hydrogens is 250 g/mol. The summed E-state index contributed by atoms with van der Waals surface area (Å²) in [7, 11) is 1.86. The Labute approximate surface area is 118 Å². The molecule has 2 N–H and O–H groups in total. The van der Waals surface area contributed by atoms with E-state index in [1.807, 2.05) is 31.3 Å². The lowest BCUT2D eigenvalue weighted by Crippen LogP contribution is -2.47. The van der Waals surface area contributed by atoms with Gasteiger partial charge in [0.15, 0.2) is 0 Å². The molecule has 1 aliphatic carbocycles. The Hall–Kier alpha value is -1.87. The quantitative estimate of drug-likeness (QED) is 0.894. The zero-order valence-corrected chi connectivity index (χ0v) is 11.6. The first-order valence-electron chi connectivity index (χ1n) is 7.07. The summed E-state index contributed by atoms with van der Waals surface area (Å²) in [5.74, 6) is -0.684. The van der Waals surface area contributed by atoms with Gasteiger partial charge in [-0.1, -0.05) is 48.9 Å². The Balaban J connectivity index is 2.15. The number of carbonyl (C=O) groups is 1. The van der Waals surface area contributed by atoms with Gasteiger partial charge in [-0.25, -0.2) is 0 Å². The Bertz CT molecular complexity index is 641. The molecule has 3 nitrogen and oxygen atoms in total.